The van der Waals surface area contributed by atoms with Crippen molar-refractivity contribution in [1.29, 1.82) is 0 Å². The summed E-state index contributed by atoms with van der Waals surface area (Å²) in [5.41, 5.74) is 4.20. The van der Waals surface area contributed by atoms with E-state index in [0.717, 1.165) is 18.6 Å². The van der Waals surface area contributed by atoms with Gasteiger partial charge in [0.25, 0.3) is 0 Å². The van der Waals surface area contributed by atoms with E-state index in [1.54, 1.807) is 24.3 Å². The van der Waals surface area contributed by atoms with Gasteiger partial charge in [-0.2, -0.15) is 5.10 Å². The lowest BCUT2D eigenvalue weighted by molar-refractivity contribution is -0.121. The summed E-state index contributed by atoms with van der Waals surface area (Å²) in [5.74, 6) is 0.844. The van der Waals surface area contributed by atoms with Gasteiger partial charge in [-0.15, -0.1) is 0 Å². The molecule has 5 nitrogen and oxygen atoms in total. The molecule has 0 aromatic heterocycles. The van der Waals surface area contributed by atoms with Crippen LogP contribution in [0.2, 0.25) is 0 Å². The van der Waals surface area contributed by atoms with E-state index in [2.05, 4.69) is 10.5 Å². The third-order valence-electron chi connectivity index (χ3n) is 3.43. The van der Waals surface area contributed by atoms with E-state index in [1.807, 2.05) is 31.2 Å². The van der Waals surface area contributed by atoms with E-state index in [4.69, 9.17) is 4.74 Å². The first-order valence-electron chi connectivity index (χ1n) is 8.00. The number of carbonyl (C=O) groups is 1. The number of phenolic OH excluding ortho intramolecular Hbond substituents is 1. The van der Waals surface area contributed by atoms with Crippen molar-refractivity contribution in [2.24, 2.45) is 5.10 Å². The number of ether oxygens (including phenoxy) is 1. The summed E-state index contributed by atoms with van der Waals surface area (Å²) >= 11 is 0. The molecule has 24 heavy (non-hydrogen) atoms. The highest BCUT2D eigenvalue weighted by molar-refractivity contribution is 5.84. The molecule has 0 unspecified atom stereocenters. The van der Waals surface area contributed by atoms with E-state index in [9.17, 15) is 9.90 Å². The van der Waals surface area contributed by atoms with Crippen molar-refractivity contribution in [3.05, 3.63) is 59.7 Å². The summed E-state index contributed by atoms with van der Waals surface area (Å²) in [4.78, 5) is 11.7. The maximum absolute atomic E-state index is 11.7. The molecule has 1 amide bonds. The van der Waals surface area contributed by atoms with Crippen molar-refractivity contribution in [3.63, 3.8) is 0 Å². The molecule has 5 heteroatoms. The van der Waals surface area contributed by atoms with Crippen molar-refractivity contribution < 1.29 is 14.6 Å². The Labute approximate surface area is 142 Å². The number of nitrogens with zero attached hydrogens (tertiary/aromatic N) is 1. The van der Waals surface area contributed by atoms with E-state index in [0.29, 0.717) is 18.6 Å². The minimum absolute atomic E-state index is 0.131. The lowest BCUT2D eigenvalue weighted by atomic mass is 10.1. The standard InChI is InChI=1S/C19H22N2O3/c1-2-24-17-12-10-15(11-13-17)6-5-9-19(23)21-20-14-16-7-3-4-8-18(16)22/h3-4,7-8,10-14,22H,2,5-6,9H2,1H3,(H,21,23)/b20-14-. The number of aryl methyl sites for hydroxylation is 1. The highest BCUT2D eigenvalue weighted by atomic mass is 16.5. The molecule has 0 spiro atoms. The number of carbonyl (C=O) groups excluding carboxylic acids is 1. The van der Waals surface area contributed by atoms with Gasteiger partial charge in [-0.3, -0.25) is 4.79 Å². The van der Waals surface area contributed by atoms with Gasteiger partial charge in [0, 0.05) is 12.0 Å². The zero-order valence-corrected chi connectivity index (χ0v) is 13.7. The van der Waals surface area contributed by atoms with Gasteiger partial charge in [0.05, 0.1) is 12.8 Å². The molecule has 0 fully saturated rings. The lowest BCUT2D eigenvalue weighted by Gasteiger charge is -2.05. The van der Waals surface area contributed by atoms with Crippen LogP contribution in [0.25, 0.3) is 0 Å². The number of phenols is 1. The Morgan fingerprint density at radius 1 is 1.21 bits per heavy atom. The fourth-order valence-electron chi connectivity index (χ4n) is 2.20. The second-order valence-corrected chi connectivity index (χ2v) is 5.28. The molecule has 2 aromatic carbocycles. The molecule has 0 saturated heterocycles. The Morgan fingerprint density at radius 2 is 1.96 bits per heavy atom. The Hall–Kier alpha value is -2.82. The van der Waals surface area contributed by atoms with E-state index < -0.39 is 0 Å². The topological polar surface area (TPSA) is 70.9 Å². The van der Waals surface area contributed by atoms with Crippen LogP contribution in [0.1, 0.15) is 30.9 Å². The number of hydrogen-bond acceptors (Lipinski definition) is 4. The summed E-state index contributed by atoms with van der Waals surface area (Å²) < 4.78 is 5.39. The predicted octanol–water partition coefficient (Wildman–Crippen LogP) is 3.26. The van der Waals surface area contributed by atoms with Gasteiger partial charge in [0.2, 0.25) is 5.91 Å². The van der Waals surface area contributed by atoms with Gasteiger partial charge in [-0.05, 0) is 49.6 Å². The molecular formula is C19H22N2O3. The summed E-state index contributed by atoms with van der Waals surface area (Å²) in [6.45, 7) is 2.61. The molecule has 0 saturated carbocycles. The van der Waals surface area contributed by atoms with Gasteiger partial charge in [0.15, 0.2) is 0 Å². The quantitative estimate of drug-likeness (QED) is 0.578. The maximum atomic E-state index is 11.7. The predicted molar refractivity (Wildman–Crippen MR) is 94.4 cm³/mol. The molecule has 0 aliphatic heterocycles. The first kappa shape index (κ1) is 17.5. The van der Waals surface area contributed by atoms with Crippen molar-refractivity contribution in [2.45, 2.75) is 26.2 Å². The van der Waals surface area contributed by atoms with Crippen LogP contribution >= 0.6 is 0 Å². The number of hydrazone groups is 1. The number of para-hydroxylation sites is 1. The fraction of sp³-hybridized carbons (Fsp3) is 0.263. The van der Waals surface area contributed by atoms with Gasteiger partial charge in [-0.1, -0.05) is 24.3 Å². The second-order valence-electron chi connectivity index (χ2n) is 5.28. The van der Waals surface area contributed by atoms with Crippen LogP contribution in [0, 0.1) is 0 Å². The number of rotatable bonds is 8. The molecule has 0 atom stereocenters. The highest BCUT2D eigenvalue weighted by Crippen LogP contribution is 2.14. The van der Waals surface area contributed by atoms with Gasteiger partial charge >= 0.3 is 0 Å². The number of aromatic hydroxyl groups is 1. The van der Waals surface area contributed by atoms with Crippen molar-refractivity contribution >= 4 is 12.1 Å². The summed E-state index contributed by atoms with van der Waals surface area (Å²) in [7, 11) is 0. The van der Waals surface area contributed by atoms with Crippen LogP contribution in [-0.2, 0) is 11.2 Å². The van der Waals surface area contributed by atoms with Gasteiger partial charge in [0.1, 0.15) is 11.5 Å². The Morgan fingerprint density at radius 3 is 2.67 bits per heavy atom. The van der Waals surface area contributed by atoms with E-state index >= 15 is 0 Å². The SMILES string of the molecule is CCOc1ccc(CCCC(=O)N/N=C\c2ccccc2O)cc1. The van der Waals surface area contributed by atoms with Crippen LogP contribution in [0.4, 0.5) is 0 Å². The van der Waals surface area contributed by atoms with Crippen molar-refractivity contribution in [2.75, 3.05) is 6.61 Å². The normalized spacial score (nSPS) is 10.7. The summed E-state index contributed by atoms with van der Waals surface area (Å²) in [5, 5.41) is 13.4. The second kappa shape index (κ2) is 9.35. The molecule has 2 N–H and O–H groups in total. The molecule has 0 aliphatic carbocycles. The number of nitrogens with one attached hydrogen (secondary N) is 1. The zero-order chi connectivity index (χ0) is 17.2. The molecule has 0 radical (unpaired) electrons. The Kier molecular flexibility index (Phi) is 6.83. The minimum Gasteiger partial charge on any atom is -0.507 e. The van der Waals surface area contributed by atoms with Crippen molar-refractivity contribution in [1.82, 2.24) is 5.43 Å². The van der Waals surface area contributed by atoms with E-state index in [-0.39, 0.29) is 11.7 Å². The number of benzene rings is 2. The molecule has 0 aliphatic rings. The summed E-state index contributed by atoms with van der Waals surface area (Å²) in [6, 6.07) is 14.7. The smallest absolute Gasteiger partial charge is 0.240 e. The third kappa shape index (κ3) is 5.76. The van der Waals surface area contributed by atoms with Crippen LogP contribution in [-0.4, -0.2) is 23.8 Å². The lowest BCUT2D eigenvalue weighted by Crippen LogP contribution is -2.17. The first-order chi connectivity index (χ1) is 11.7. The Bertz CT molecular complexity index is 681. The summed E-state index contributed by atoms with van der Waals surface area (Å²) in [6.07, 6.45) is 3.39. The number of hydrogen-bond donors (Lipinski definition) is 2. The van der Waals surface area contributed by atoms with Crippen LogP contribution in [0.3, 0.4) is 0 Å². The molecule has 0 bridgehead atoms. The maximum Gasteiger partial charge on any atom is 0.240 e. The van der Waals surface area contributed by atoms with Crippen LogP contribution < -0.4 is 10.2 Å². The monoisotopic (exact) mass is 326 g/mol. The fourth-order valence-corrected chi connectivity index (χ4v) is 2.20. The van der Waals surface area contributed by atoms with Crippen LogP contribution in [0.5, 0.6) is 11.5 Å². The third-order valence-corrected chi connectivity index (χ3v) is 3.43. The van der Waals surface area contributed by atoms with Crippen LogP contribution in [0.15, 0.2) is 53.6 Å². The molecule has 2 rings (SSSR count). The Balaban J connectivity index is 1.70. The molecule has 126 valence electrons. The molecule has 0 heterocycles. The zero-order valence-electron chi connectivity index (χ0n) is 13.7. The van der Waals surface area contributed by atoms with Gasteiger partial charge in [-0.25, -0.2) is 5.43 Å². The highest BCUT2D eigenvalue weighted by Gasteiger charge is 2.01. The molecular weight excluding hydrogens is 304 g/mol. The average molecular weight is 326 g/mol. The average Bonchev–Trinajstić information content (AvgIpc) is 2.58. The van der Waals surface area contributed by atoms with Crippen molar-refractivity contribution in [3.8, 4) is 11.5 Å². The number of amides is 1. The first-order valence-corrected chi connectivity index (χ1v) is 8.00. The van der Waals surface area contributed by atoms with Gasteiger partial charge < -0.3 is 9.84 Å². The largest absolute Gasteiger partial charge is 0.507 e. The minimum atomic E-state index is -0.146. The van der Waals surface area contributed by atoms with E-state index in [1.165, 1.54) is 11.8 Å². The molecule has 2 aromatic rings.